The maximum Gasteiger partial charge on any atom is 0.410 e. The summed E-state index contributed by atoms with van der Waals surface area (Å²) in [6, 6.07) is 11.9. The second-order valence-corrected chi connectivity index (χ2v) is 15.4. The highest BCUT2D eigenvalue weighted by Gasteiger charge is 2.37. The molecule has 55 heavy (non-hydrogen) atoms. The minimum atomic E-state index is -0.833. The Bertz CT molecular complexity index is 1840. The lowest BCUT2D eigenvalue weighted by molar-refractivity contribution is -0.134. The highest BCUT2D eigenvalue weighted by molar-refractivity contribution is 6.10. The average Bonchev–Trinajstić information content (AvgIpc) is 3.16. The van der Waals surface area contributed by atoms with Crippen LogP contribution in [0, 0.1) is 0 Å². The average molecular weight is 761 g/mol. The molecule has 296 valence electrons. The van der Waals surface area contributed by atoms with E-state index in [-0.39, 0.29) is 30.0 Å². The number of piperidine rings is 2. The zero-order chi connectivity index (χ0) is 39.4. The number of rotatable bonds is 2. The van der Waals surface area contributed by atoms with Gasteiger partial charge in [-0.05, 0) is 121 Å². The van der Waals surface area contributed by atoms with E-state index < -0.39 is 11.6 Å². The molecule has 2 atom stereocenters. The van der Waals surface area contributed by atoms with Crippen LogP contribution in [-0.4, -0.2) is 103 Å². The van der Waals surface area contributed by atoms with Crippen LogP contribution in [0.15, 0.2) is 46.6 Å². The van der Waals surface area contributed by atoms with Crippen molar-refractivity contribution in [3.63, 3.8) is 0 Å². The zero-order valence-corrected chi connectivity index (χ0v) is 32.4. The second-order valence-electron chi connectivity index (χ2n) is 15.4. The van der Waals surface area contributed by atoms with Gasteiger partial charge in [0, 0.05) is 20.0 Å². The van der Waals surface area contributed by atoms with E-state index in [1.807, 2.05) is 56.6 Å². The summed E-state index contributed by atoms with van der Waals surface area (Å²) in [5.74, 6) is 2.95. The molecular weight excluding hydrogens is 708 g/mol. The number of aliphatic carboxylic acids is 1. The number of hydrogen-bond acceptors (Lipinski definition) is 12. The van der Waals surface area contributed by atoms with Crippen LogP contribution < -0.4 is 35.4 Å². The Morgan fingerprint density at radius 3 is 1.65 bits per heavy atom. The van der Waals surface area contributed by atoms with E-state index >= 15 is 0 Å². The second kappa shape index (κ2) is 16.6. The summed E-state index contributed by atoms with van der Waals surface area (Å²) in [7, 11) is 0. The van der Waals surface area contributed by atoms with Crippen molar-refractivity contribution in [2.45, 2.75) is 96.7 Å². The van der Waals surface area contributed by atoms with Gasteiger partial charge in [0.15, 0.2) is 11.7 Å². The van der Waals surface area contributed by atoms with E-state index in [4.69, 9.17) is 24.1 Å². The first-order valence-electron chi connectivity index (χ1n) is 18.9. The number of likely N-dealkylation sites (tertiary alicyclic amines) is 1. The monoisotopic (exact) mass is 760 g/mol. The van der Waals surface area contributed by atoms with Gasteiger partial charge in [-0.1, -0.05) is 12.1 Å². The van der Waals surface area contributed by atoms with Crippen LogP contribution in [0.2, 0.25) is 0 Å². The fourth-order valence-electron chi connectivity index (χ4n) is 7.47. The van der Waals surface area contributed by atoms with Gasteiger partial charge >= 0.3 is 6.09 Å². The Kier molecular flexibility index (Phi) is 11.8. The molecule has 6 heterocycles. The molecule has 4 N–H and O–H groups in total. The molecule has 2 unspecified atom stereocenters. The van der Waals surface area contributed by atoms with E-state index in [1.165, 1.54) is 11.1 Å². The molecule has 8 rings (SSSR count). The predicted octanol–water partition coefficient (Wildman–Crippen LogP) is 4.11. The summed E-state index contributed by atoms with van der Waals surface area (Å²) in [6.07, 6.45) is 3.79. The summed E-state index contributed by atoms with van der Waals surface area (Å²) < 4.78 is 17.1. The molecule has 0 bridgehead atoms. The van der Waals surface area contributed by atoms with E-state index in [0.29, 0.717) is 44.0 Å². The van der Waals surface area contributed by atoms with Gasteiger partial charge in [-0.15, -0.1) is 0 Å². The normalized spacial score (nSPS) is 22.0. The Balaban J connectivity index is 0.000000175. The number of ether oxygens (including phenoxy) is 3. The van der Waals surface area contributed by atoms with E-state index in [2.05, 4.69) is 50.6 Å². The van der Waals surface area contributed by atoms with Crippen molar-refractivity contribution >= 4 is 46.9 Å². The molecule has 0 aliphatic carbocycles. The Labute approximate surface area is 321 Å². The first-order valence-corrected chi connectivity index (χ1v) is 18.9. The molecule has 0 radical (unpaired) electrons. The number of amidine groups is 2. The van der Waals surface area contributed by atoms with Gasteiger partial charge in [0.2, 0.25) is 0 Å². The lowest BCUT2D eigenvalue weighted by atomic mass is 9.89. The van der Waals surface area contributed by atoms with Crippen molar-refractivity contribution < 1.29 is 38.5 Å². The summed E-state index contributed by atoms with van der Waals surface area (Å²) in [5.41, 5.74) is 8.98. The number of amides is 3. The molecule has 16 heteroatoms. The number of nitrogens with zero attached hydrogens (tertiary/aromatic N) is 5. The fraction of sp³-hybridized carbons (Fsp3) is 0.538. The molecule has 2 fully saturated rings. The van der Waals surface area contributed by atoms with Gasteiger partial charge in [-0.3, -0.25) is 14.4 Å². The van der Waals surface area contributed by atoms with Gasteiger partial charge in [0.1, 0.15) is 42.4 Å². The SMILES string of the molecule is CC(=O)O.CC1C(=O)NN=C2COc3ccc(C4CCN(C(=O)OC(C)(C)C)CC4)cc3N21.CC1C(=O)NN=C2COc3ccc(C4CCNCC4)cc3N21. The van der Waals surface area contributed by atoms with E-state index in [1.54, 1.807) is 4.90 Å². The standard InChI is InChI=1S/C21H28N4O4.C16H20N4O2.C2H4O2/c1-13-19(26)23-22-18-12-28-17-6-5-15(11-16(17)25(13)18)14-7-9-24(10-8-14)20(27)29-21(2,3)4;1-10-16(21)19-18-15-9-22-14-3-2-12(8-13(14)20(10)15)11-4-6-17-7-5-11;1-2(3)4/h5-6,11,13-14H,7-10,12H2,1-4H3,(H,23,26);2-3,8,10-11,17H,4-7,9H2,1H3,(H,19,21);1H3,(H,3,4). The van der Waals surface area contributed by atoms with Crippen molar-refractivity contribution in [2.75, 3.05) is 49.2 Å². The third-order valence-corrected chi connectivity index (χ3v) is 10.3. The molecule has 0 saturated carbocycles. The fourth-order valence-corrected chi connectivity index (χ4v) is 7.47. The van der Waals surface area contributed by atoms with Crippen LogP contribution in [0.5, 0.6) is 11.5 Å². The van der Waals surface area contributed by atoms with E-state index in [9.17, 15) is 14.4 Å². The highest BCUT2D eigenvalue weighted by atomic mass is 16.6. The molecule has 6 aliphatic rings. The first kappa shape index (κ1) is 39.3. The van der Waals surface area contributed by atoms with Crippen molar-refractivity contribution in [2.24, 2.45) is 10.2 Å². The van der Waals surface area contributed by atoms with Crippen molar-refractivity contribution in [3.8, 4) is 11.5 Å². The number of carboxylic acid groups (broad SMARTS) is 1. The van der Waals surface area contributed by atoms with Crippen LogP contribution in [0.1, 0.15) is 90.2 Å². The molecule has 0 spiro atoms. The lowest BCUT2D eigenvalue weighted by Gasteiger charge is -2.39. The summed E-state index contributed by atoms with van der Waals surface area (Å²) in [6.45, 7) is 14.7. The zero-order valence-electron chi connectivity index (χ0n) is 32.4. The maximum absolute atomic E-state index is 12.3. The largest absolute Gasteiger partial charge is 0.483 e. The van der Waals surface area contributed by atoms with Crippen LogP contribution in [0.25, 0.3) is 0 Å². The van der Waals surface area contributed by atoms with Gasteiger partial charge in [-0.2, -0.15) is 10.2 Å². The molecule has 2 aromatic carbocycles. The molecular formula is C39H52N8O8. The third kappa shape index (κ3) is 9.12. The predicted molar refractivity (Wildman–Crippen MR) is 207 cm³/mol. The number of carboxylic acids is 1. The van der Waals surface area contributed by atoms with Crippen LogP contribution in [-0.2, 0) is 19.1 Å². The van der Waals surface area contributed by atoms with Gasteiger partial charge in [0.25, 0.3) is 17.8 Å². The summed E-state index contributed by atoms with van der Waals surface area (Å²) in [4.78, 5) is 51.1. The minimum Gasteiger partial charge on any atom is -0.483 e. The maximum atomic E-state index is 12.3. The topological polar surface area (TPSA) is 187 Å². The number of carbonyl (C=O) groups is 4. The minimum absolute atomic E-state index is 0.0798. The quantitative estimate of drug-likeness (QED) is 0.345. The molecule has 16 nitrogen and oxygen atoms in total. The number of anilines is 2. The van der Waals surface area contributed by atoms with Crippen molar-refractivity contribution in [3.05, 3.63) is 47.5 Å². The number of hydrazone groups is 2. The lowest BCUT2D eigenvalue weighted by Crippen LogP contribution is -2.55. The molecule has 2 saturated heterocycles. The highest BCUT2D eigenvalue weighted by Crippen LogP contribution is 2.40. The van der Waals surface area contributed by atoms with Gasteiger partial charge < -0.3 is 39.3 Å². The van der Waals surface area contributed by atoms with E-state index in [0.717, 1.165) is 74.4 Å². The number of benzene rings is 2. The van der Waals surface area contributed by atoms with Crippen LogP contribution in [0.3, 0.4) is 0 Å². The Morgan fingerprint density at radius 1 is 0.782 bits per heavy atom. The number of nitrogens with one attached hydrogen (secondary N) is 3. The van der Waals surface area contributed by atoms with Crippen molar-refractivity contribution in [1.82, 2.24) is 21.1 Å². The van der Waals surface area contributed by atoms with Crippen LogP contribution in [0.4, 0.5) is 16.2 Å². The Morgan fingerprint density at radius 2 is 1.22 bits per heavy atom. The third-order valence-electron chi connectivity index (χ3n) is 10.3. The molecule has 6 aliphatic heterocycles. The molecule has 2 aromatic rings. The Hall–Kier alpha value is -5.38. The number of carbonyl (C=O) groups excluding carboxylic acids is 3. The number of hydrogen-bond donors (Lipinski definition) is 4. The summed E-state index contributed by atoms with van der Waals surface area (Å²) in [5, 5.41) is 19.1. The smallest absolute Gasteiger partial charge is 0.410 e. The first-order chi connectivity index (χ1) is 26.2. The van der Waals surface area contributed by atoms with Gasteiger partial charge in [-0.25, -0.2) is 15.6 Å². The number of fused-ring (bicyclic) bond motifs is 6. The van der Waals surface area contributed by atoms with Crippen LogP contribution >= 0.6 is 0 Å². The molecule has 0 aromatic heterocycles. The molecule has 3 amide bonds. The van der Waals surface area contributed by atoms with Crippen molar-refractivity contribution in [1.29, 1.82) is 0 Å². The summed E-state index contributed by atoms with van der Waals surface area (Å²) >= 11 is 0. The van der Waals surface area contributed by atoms with Gasteiger partial charge in [0.05, 0.1) is 11.4 Å².